The zero-order chi connectivity index (χ0) is 25.1. The van der Waals surface area contributed by atoms with Gasteiger partial charge in [-0.05, 0) is 30.1 Å². The minimum Gasteiger partial charge on any atom is -0.511 e. The second-order valence-corrected chi connectivity index (χ2v) is 11.2. The fourth-order valence-corrected chi connectivity index (χ4v) is 4.88. The largest absolute Gasteiger partial charge is 0.511 e. The first-order valence-corrected chi connectivity index (χ1v) is 12.1. The van der Waals surface area contributed by atoms with Gasteiger partial charge in [0.05, 0.1) is 16.8 Å². The fraction of sp³-hybridized carbons (Fsp3) is 0.654. The van der Waals surface area contributed by atoms with Crippen LogP contribution in [0.1, 0.15) is 101 Å². The maximum atomic E-state index is 12.9. The van der Waals surface area contributed by atoms with Gasteiger partial charge in [0.2, 0.25) is 0 Å². The highest BCUT2D eigenvalue weighted by atomic mass is 16.5. The Kier molecular flexibility index (Phi) is 7.78. The van der Waals surface area contributed by atoms with E-state index in [0.717, 1.165) is 12.8 Å². The van der Waals surface area contributed by atoms with E-state index < -0.39 is 5.97 Å². The highest BCUT2D eigenvalue weighted by Gasteiger charge is 2.38. The predicted octanol–water partition coefficient (Wildman–Crippen LogP) is 5.05. The second kappa shape index (κ2) is 10.2. The third-order valence-corrected chi connectivity index (χ3v) is 6.48. The van der Waals surface area contributed by atoms with Crippen molar-refractivity contribution in [1.82, 2.24) is 5.16 Å². The molecule has 2 N–H and O–H groups in total. The van der Waals surface area contributed by atoms with Crippen molar-refractivity contribution in [3.8, 4) is 0 Å². The molecule has 34 heavy (non-hydrogen) atoms. The van der Waals surface area contributed by atoms with Crippen molar-refractivity contribution < 1.29 is 29.1 Å². The lowest BCUT2D eigenvalue weighted by atomic mass is 9.73. The summed E-state index contributed by atoms with van der Waals surface area (Å²) in [5, 5.41) is 23.8. The molecule has 1 aromatic heterocycles. The number of aliphatic carboxylic acids is 1. The number of aliphatic imine (C=N–C) groups is 1. The minimum atomic E-state index is -0.806. The van der Waals surface area contributed by atoms with Crippen molar-refractivity contribution in [3.05, 3.63) is 28.3 Å². The molecule has 2 aliphatic rings. The Morgan fingerprint density at radius 1 is 0.941 bits per heavy atom. The summed E-state index contributed by atoms with van der Waals surface area (Å²) in [6.45, 7) is 8.55. The second-order valence-electron chi connectivity index (χ2n) is 11.2. The van der Waals surface area contributed by atoms with Crippen LogP contribution in [0.5, 0.6) is 0 Å². The van der Waals surface area contributed by atoms with Gasteiger partial charge in [0.15, 0.2) is 11.6 Å². The highest BCUT2D eigenvalue weighted by molar-refractivity contribution is 6.24. The SMILES string of the molecule is CC1(C)CC(=O)/C(=C(\O)CCc2noc3c2C(=O)CC(C)(C)C3)C(=NCCCCCC(=O)O)C1. The predicted molar refractivity (Wildman–Crippen MR) is 127 cm³/mol. The molecule has 8 nitrogen and oxygen atoms in total. The number of ketones is 2. The Labute approximate surface area is 200 Å². The van der Waals surface area contributed by atoms with Crippen LogP contribution in [-0.2, 0) is 22.4 Å². The van der Waals surface area contributed by atoms with Crippen molar-refractivity contribution >= 4 is 23.2 Å². The molecule has 0 atom stereocenters. The number of allylic oxidation sites excluding steroid dienone is 2. The van der Waals surface area contributed by atoms with E-state index in [0.29, 0.717) is 67.8 Å². The zero-order valence-electron chi connectivity index (χ0n) is 20.7. The number of hydrogen-bond acceptors (Lipinski definition) is 7. The molecular formula is C26H36N2O6. The van der Waals surface area contributed by atoms with Crippen LogP contribution in [0.4, 0.5) is 0 Å². The van der Waals surface area contributed by atoms with E-state index in [9.17, 15) is 19.5 Å². The third-order valence-electron chi connectivity index (χ3n) is 6.48. The normalized spacial score (nSPS) is 22.1. The van der Waals surface area contributed by atoms with Gasteiger partial charge >= 0.3 is 5.97 Å². The lowest BCUT2D eigenvalue weighted by Gasteiger charge is -2.31. The maximum Gasteiger partial charge on any atom is 0.303 e. The van der Waals surface area contributed by atoms with Gasteiger partial charge in [-0.2, -0.15) is 0 Å². The van der Waals surface area contributed by atoms with E-state index >= 15 is 0 Å². The van der Waals surface area contributed by atoms with Gasteiger partial charge in [-0.1, -0.05) is 39.3 Å². The maximum absolute atomic E-state index is 12.9. The van der Waals surface area contributed by atoms with E-state index in [-0.39, 0.29) is 46.6 Å². The lowest BCUT2D eigenvalue weighted by Crippen LogP contribution is -2.33. The average molecular weight is 473 g/mol. The summed E-state index contributed by atoms with van der Waals surface area (Å²) in [5.41, 5.74) is 1.55. The molecule has 1 fully saturated rings. The van der Waals surface area contributed by atoms with Crippen LogP contribution in [0.25, 0.3) is 0 Å². The Balaban J connectivity index is 1.73. The number of hydrogen-bond donors (Lipinski definition) is 2. The number of aliphatic hydroxyl groups excluding tert-OH is 1. The number of carbonyl (C=O) groups is 3. The number of Topliss-reactive ketones (excluding diaryl/α,β-unsaturated/α-hetero) is 2. The van der Waals surface area contributed by atoms with Crippen molar-refractivity contribution in [3.63, 3.8) is 0 Å². The molecule has 3 rings (SSSR count). The third kappa shape index (κ3) is 6.42. The molecule has 1 saturated carbocycles. The smallest absolute Gasteiger partial charge is 0.303 e. The molecule has 0 radical (unpaired) electrons. The van der Waals surface area contributed by atoms with Gasteiger partial charge < -0.3 is 14.7 Å². The number of rotatable bonds is 9. The summed E-state index contributed by atoms with van der Waals surface area (Å²) in [6.07, 6.45) is 4.67. The molecule has 0 saturated heterocycles. The zero-order valence-corrected chi connectivity index (χ0v) is 20.7. The first kappa shape index (κ1) is 25.8. The molecule has 0 aromatic carbocycles. The first-order chi connectivity index (χ1) is 15.9. The summed E-state index contributed by atoms with van der Waals surface area (Å²) in [4.78, 5) is 40.9. The molecule has 1 heterocycles. The number of aryl methyl sites for hydroxylation is 1. The van der Waals surface area contributed by atoms with Gasteiger partial charge in [0.25, 0.3) is 0 Å². The Morgan fingerprint density at radius 3 is 2.32 bits per heavy atom. The van der Waals surface area contributed by atoms with Crippen molar-refractivity contribution in [2.75, 3.05) is 6.54 Å². The highest BCUT2D eigenvalue weighted by Crippen LogP contribution is 2.38. The molecule has 1 aromatic rings. The van der Waals surface area contributed by atoms with Crippen LogP contribution in [0.3, 0.4) is 0 Å². The Bertz CT molecular complexity index is 1030. The van der Waals surface area contributed by atoms with E-state index in [1.807, 2.05) is 27.7 Å². The quantitative estimate of drug-likeness (QED) is 0.292. The summed E-state index contributed by atoms with van der Waals surface area (Å²) >= 11 is 0. The lowest BCUT2D eigenvalue weighted by molar-refractivity contribution is -0.137. The van der Waals surface area contributed by atoms with E-state index in [2.05, 4.69) is 10.1 Å². The average Bonchev–Trinajstić information content (AvgIpc) is 3.09. The standard InChI is InChI=1S/C26H36N2O6/c1-25(2)12-17(27-11-7-5-6-8-22(32)33)23(19(30)13-25)18(29)10-9-16-24-20(31)14-26(3,4)15-21(24)34-28-16/h29H,5-15H2,1-4H3,(H,32,33)/b23-18-,27-17?. The molecule has 8 heteroatoms. The van der Waals surface area contributed by atoms with E-state index in [1.54, 1.807) is 0 Å². The number of aromatic nitrogens is 1. The Hall–Kier alpha value is -2.77. The van der Waals surface area contributed by atoms with Crippen molar-refractivity contribution in [2.24, 2.45) is 15.8 Å². The molecular weight excluding hydrogens is 436 g/mol. The molecule has 0 unspecified atom stereocenters. The van der Waals surface area contributed by atoms with Gasteiger partial charge in [-0.25, -0.2) is 0 Å². The van der Waals surface area contributed by atoms with Crippen LogP contribution in [0, 0.1) is 10.8 Å². The van der Waals surface area contributed by atoms with Crippen molar-refractivity contribution in [1.29, 1.82) is 0 Å². The minimum absolute atomic E-state index is 0.00952. The molecule has 0 amide bonds. The summed E-state index contributed by atoms with van der Waals surface area (Å²) in [7, 11) is 0. The number of carboxylic acid groups (broad SMARTS) is 1. The molecule has 186 valence electrons. The molecule has 2 aliphatic carbocycles. The van der Waals surface area contributed by atoms with Crippen LogP contribution in [0.15, 0.2) is 20.8 Å². The Morgan fingerprint density at radius 2 is 1.62 bits per heavy atom. The summed E-state index contributed by atoms with van der Waals surface area (Å²) in [5.74, 6) is -0.344. The monoisotopic (exact) mass is 472 g/mol. The number of nitrogens with zero attached hydrogens (tertiary/aromatic N) is 2. The molecule has 0 spiro atoms. The number of aliphatic hydroxyl groups is 1. The van der Waals surface area contributed by atoms with Crippen molar-refractivity contribution in [2.45, 2.75) is 91.9 Å². The number of fused-ring (bicyclic) bond motifs is 1. The van der Waals surface area contributed by atoms with Crippen LogP contribution < -0.4 is 0 Å². The molecule has 0 bridgehead atoms. The molecule has 0 aliphatic heterocycles. The number of carbonyl (C=O) groups excluding carboxylic acids is 2. The first-order valence-electron chi connectivity index (χ1n) is 12.1. The van der Waals surface area contributed by atoms with E-state index in [1.165, 1.54) is 0 Å². The van der Waals surface area contributed by atoms with Crippen LogP contribution >= 0.6 is 0 Å². The van der Waals surface area contributed by atoms with Crippen LogP contribution in [0.2, 0.25) is 0 Å². The van der Waals surface area contributed by atoms with Gasteiger partial charge in [-0.15, -0.1) is 0 Å². The number of carboxylic acids is 1. The van der Waals surface area contributed by atoms with E-state index in [4.69, 9.17) is 9.63 Å². The van der Waals surface area contributed by atoms with Gasteiger partial charge in [0.1, 0.15) is 11.5 Å². The van der Waals surface area contributed by atoms with Gasteiger partial charge in [-0.3, -0.25) is 19.4 Å². The van der Waals surface area contributed by atoms with Gasteiger partial charge in [0, 0.05) is 50.8 Å². The fourth-order valence-electron chi connectivity index (χ4n) is 4.88. The summed E-state index contributed by atoms with van der Waals surface area (Å²) in [6, 6.07) is 0. The summed E-state index contributed by atoms with van der Waals surface area (Å²) < 4.78 is 5.44. The number of unbranched alkanes of at least 4 members (excludes halogenated alkanes) is 2. The topological polar surface area (TPSA) is 130 Å². The van der Waals surface area contributed by atoms with Crippen LogP contribution in [-0.4, -0.2) is 45.2 Å².